The molecule has 3 aromatic rings. The molecular formula is C21H24N4O3. The molecule has 146 valence electrons. The normalized spacial score (nSPS) is 11.0. The first-order valence-electron chi connectivity index (χ1n) is 9.38. The Balaban J connectivity index is 1.98. The topological polar surface area (TPSA) is 86.1 Å². The highest BCUT2D eigenvalue weighted by molar-refractivity contribution is 6.04. The zero-order valence-corrected chi connectivity index (χ0v) is 16.3. The molecule has 0 spiro atoms. The van der Waals surface area contributed by atoms with Crippen molar-refractivity contribution in [3.8, 4) is 11.3 Å². The van der Waals surface area contributed by atoms with Gasteiger partial charge < -0.3 is 10.1 Å². The number of hydrogen-bond acceptors (Lipinski definition) is 5. The molecule has 0 aliphatic heterocycles. The fourth-order valence-electron chi connectivity index (χ4n) is 2.85. The zero-order valence-electron chi connectivity index (χ0n) is 16.3. The van der Waals surface area contributed by atoms with Gasteiger partial charge in [0.1, 0.15) is 0 Å². The van der Waals surface area contributed by atoms with Crippen molar-refractivity contribution in [1.82, 2.24) is 20.1 Å². The maximum atomic E-state index is 12.7. The van der Waals surface area contributed by atoms with Gasteiger partial charge in [0, 0.05) is 18.2 Å². The lowest BCUT2D eigenvalue weighted by Crippen LogP contribution is -2.29. The maximum Gasteiger partial charge on any atom is 0.339 e. The largest absolute Gasteiger partial charge is 0.452 e. The highest BCUT2D eigenvalue weighted by atomic mass is 16.5. The van der Waals surface area contributed by atoms with Gasteiger partial charge in [0.05, 0.1) is 22.8 Å². The van der Waals surface area contributed by atoms with Gasteiger partial charge in [-0.2, -0.15) is 5.10 Å². The van der Waals surface area contributed by atoms with Crippen LogP contribution in [0.25, 0.3) is 22.3 Å². The molecule has 0 bridgehead atoms. The standard InChI is InChI=1S/C21H24N4O3/c1-4-10-22-19(26)13-28-21(27)16-11-18(15-8-6-5-7-9-15)24-20-17(16)12-23-25(20)14(2)3/h5-9,11-12,14H,4,10,13H2,1-3H3,(H,22,26). The van der Waals surface area contributed by atoms with Gasteiger partial charge in [-0.3, -0.25) is 4.79 Å². The monoisotopic (exact) mass is 380 g/mol. The zero-order chi connectivity index (χ0) is 20.1. The molecule has 0 saturated carbocycles. The van der Waals surface area contributed by atoms with E-state index < -0.39 is 5.97 Å². The summed E-state index contributed by atoms with van der Waals surface area (Å²) in [5.41, 5.74) is 2.49. The Bertz CT molecular complexity index is 980. The smallest absolute Gasteiger partial charge is 0.339 e. The van der Waals surface area contributed by atoms with Crippen LogP contribution in [0, 0.1) is 0 Å². The number of esters is 1. The van der Waals surface area contributed by atoms with Crippen LogP contribution in [0.1, 0.15) is 43.6 Å². The minimum atomic E-state index is -0.570. The summed E-state index contributed by atoms with van der Waals surface area (Å²) in [7, 11) is 0. The number of benzene rings is 1. The number of fused-ring (bicyclic) bond motifs is 1. The summed E-state index contributed by atoms with van der Waals surface area (Å²) in [4.78, 5) is 29.2. The third kappa shape index (κ3) is 4.19. The first-order valence-corrected chi connectivity index (χ1v) is 9.38. The SMILES string of the molecule is CCCNC(=O)COC(=O)c1cc(-c2ccccc2)nc2c1cnn2C(C)C. The maximum absolute atomic E-state index is 12.7. The van der Waals surface area contributed by atoms with Crippen LogP contribution in [0.15, 0.2) is 42.6 Å². The highest BCUT2D eigenvalue weighted by Crippen LogP contribution is 2.26. The van der Waals surface area contributed by atoms with Crippen molar-refractivity contribution >= 4 is 22.9 Å². The van der Waals surface area contributed by atoms with Crippen LogP contribution in [-0.4, -0.2) is 39.8 Å². The molecule has 0 aliphatic rings. The third-order valence-corrected chi connectivity index (χ3v) is 4.25. The van der Waals surface area contributed by atoms with E-state index in [0.717, 1.165) is 12.0 Å². The number of pyridine rings is 1. The lowest BCUT2D eigenvalue weighted by Gasteiger charge is -2.11. The van der Waals surface area contributed by atoms with E-state index in [1.54, 1.807) is 16.9 Å². The predicted octanol–water partition coefficient (Wildman–Crippen LogP) is 3.36. The van der Waals surface area contributed by atoms with Crippen molar-refractivity contribution in [2.75, 3.05) is 13.2 Å². The Kier molecular flexibility index (Phi) is 6.03. The van der Waals surface area contributed by atoms with Crippen LogP contribution in [0.5, 0.6) is 0 Å². The van der Waals surface area contributed by atoms with Gasteiger partial charge in [-0.25, -0.2) is 14.5 Å². The number of carbonyl (C=O) groups is 2. The van der Waals surface area contributed by atoms with Crippen LogP contribution < -0.4 is 5.32 Å². The molecule has 1 N–H and O–H groups in total. The Morgan fingerprint density at radius 2 is 1.96 bits per heavy atom. The van der Waals surface area contributed by atoms with Gasteiger partial charge in [0.2, 0.25) is 0 Å². The van der Waals surface area contributed by atoms with Gasteiger partial charge in [0.25, 0.3) is 5.91 Å². The molecule has 1 amide bonds. The van der Waals surface area contributed by atoms with E-state index in [0.29, 0.717) is 28.8 Å². The van der Waals surface area contributed by atoms with Crippen LogP contribution >= 0.6 is 0 Å². The lowest BCUT2D eigenvalue weighted by molar-refractivity contribution is -0.124. The molecule has 0 aliphatic carbocycles. The number of amides is 1. The van der Waals surface area contributed by atoms with Crippen molar-refractivity contribution < 1.29 is 14.3 Å². The minimum absolute atomic E-state index is 0.0831. The summed E-state index contributed by atoms with van der Waals surface area (Å²) in [6, 6.07) is 11.4. The molecular weight excluding hydrogens is 356 g/mol. The molecule has 0 unspecified atom stereocenters. The number of nitrogens with one attached hydrogen (secondary N) is 1. The van der Waals surface area contributed by atoms with E-state index in [2.05, 4.69) is 10.4 Å². The Labute approximate surface area is 163 Å². The molecule has 2 aromatic heterocycles. The summed E-state index contributed by atoms with van der Waals surface area (Å²) in [5, 5.41) is 7.67. The summed E-state index contributed by atoms with van der Waals surface area (Å²) in [6.45, 7) is 6.19. The van der Waals surface area contributed by atoms with Crippen LogP contribution in [0.3, 0.4) is 0 Å². The summed E-state index contributed by atoms with van der Waals surface area (Å²) in [6.07, 6.45) is 2.43. The first-order chi connectivity index (χ1) is 13.5. The van der Waals surface area contributed by atoms with E-state index >= 15 is 0 Å². The summed E-state index contributed by atoms with van der Waals surface area (Å²) < 4.78 is 7.01. The molecule has 0 radical (unpaired) electrons. The van der Waals surface area contributed by atoms with Crippen molar-refractivity contribution in [2.24, 2.45) is 0 Å². The average molecular weight is 380 g/mol. The second-order valence-electron chi connectivity index (χ2n) is 6.77. The molecule has 0 saturated heterocycles. The van der Waals surface area contributed by atoms with E-state index in [9.17, 15) is 9.59 Å². The van der Waals surface area contributed by atoms with Crippen molar-refractivity contribution in [3.63, 3.8) is 0 Å². The fourth-order valence-corrected chi connectivity index (χ4v) is 2.85. The molecule has 1 aromatic carbocycles. The van der Waals surface area contributed by atoms with Crippen LogP contribution in [0.2, 0.25) is 0 Å². The molecule has 7 heteroatoms. The highest BCUT2D eigenvalue weighted by Gasteiger charge is 2.20. The van der Waals surface area contributed by atoms with Gasteiger partial charge >= 0.3 is 5.97 Å². The quantitative estimate of drug-likeness (QED) is 0.635. The number of nitrogens with zero attached hydrogens (tertiary/aromatic N) is 3. The van der Waals surface area contributed by atoms with Gasteiger partial charge in [-0.15, -0.1) is 0 Å². The number of rotatable bonds is 7. The first kappa shape index (κ1) is 19.5. The second-order valence-corrected chi connectivity index (χ2v) is 6.77. The van der Waals surface area contributed by atoms with Crippen LogP contribution in [-0.2, 0) is 9.53 Å². The molecule has 0 atom stereocenters. The van der Waals surface area contributed by atoms with E-state index in [1.807, 2.05) is 51.1 Å². The average Bonchev–Trinajstić information content (AvgIpc) is 3.14. The minimum Gasteiger partial charge on any atom is -0.452 e. The predicted molar refractivity (Wildman–Crippen MR) is 107 cm³/mol. The lowest BCUT2D eigenvalue weighted by atomic mass is 10.1. The van der Waals surface area contributed by atoms with E-state index in [-0.39, 0.29) is 18.6 Å². The molecule has 0 fully saturated rings. The van der Waals surface area contributed by atoms with Gasteiger partial charge in [-0.1, -0.05) is 37.3 Å². The van der Waals surface area contributed by atoms with Crippen molar-refractivity contribution in [1.29, 1.82) is 0 Å². The second kappa shape index (κ2) is 8.65. The molecule has 2 heterocycles. The van der Waals surface area contributed by atoms with Gasteiger partial charge in [-0.05, 0) is 26.3 Å². The Morgan fingerprint density at radius 1 is 1.21 bits per heavy atom. The Hall–Kier alpha value is -3.22. The van der Waals surface area contributed by atoms with Crippen LogP contribution in [0.4, 0.5) is 0 Å². The number of hydrogen-bond donors (Lipinski definition) is 1. The number of carbonyl (C=O) groups excluding carboxylic acids is 2. The van der Waals surface area contributed by atoms with Crippen molar-refractivity contribution in [2.45, 2.75) is 33.2 Å². The van der Waals surface area contributed by atoms with E-state index in [1.165, 1.54) is 0 Å². The fraction of sp³-hybridized carbons (Fsp3) is 0.333. The number of aromatic nitrogens is 3. The summed E-state index contributed by atoms with van der Waals surface area (Å²) in [5.74, 6) is -0.888. The summed E-state index contributed by atoms with van der Waals surface area (Å²) >= 11 is 0. The van der Waals surface area contributed by atoms with Gasteiger partial charge in [0.15, 0.2) is 12.3 Å². The molecule has 7 nitrogen and oxygen atoms in total. The molecule has 28 heavy (non-hydrogen) atoms. The van der Waals surface area contributed by atoms with E-state index in [4.69, 9.17) is 9.72 Å². The molecule has 3 rings (SSSR count). The Morgan fingerprint density at radius 3 is 2.64 bits per heavy atom. The third-order valence-electron chi connectivity index (χ3n) is 4.25. The number of ether oxygens (including phenoxy) is 1. The van der Waals surface area contributed by atoms with Crippen molar-refractivity contribution in [3.05, 3.63) is 48.2 Å².